The van der Waals surface area contributed by atoms with E-state index in [1.54, 1.807) is 43.3 Å². The number of rotatable bonds is 5. The monoisotopic (exact) mass is 513 g/mol. The maximum atomic E-state index is 14.9. The van der Waals surface area contributed by atoms with Crippen LogP contribution in [-0.4, -0.2) is 64.6 Å². The van der Waals surface area contributed by atoms with Crippen LogP contribution in [0, 0.1) is 30.6 Å². The second-order valence-electron chi connectivity index (χ2n) is 11.3. The van der Waals surface area contributed by atoms with Gasteiger partial charge in [-0.2, -0.15) is 0 Å². The molecule has 4 saturated heterocycles. The van der Waals surface area contributed by atoms with E-state index in [9.17, 15) is 19.4 Å². The topological polar surface area (TPSA) is 64.0 Å². The van der Waals surface area contributed by atoms with Gasteiger partial charge >= 0.3 is 0 Å². The first kappa shape index (κ1) is 25.1. The lowest BCUT2D eigenvalue weighted by Crippen LogP contribution is -2.61. The second-order valence-corrected chi connectivity index (χ2v) is 11.3. The molecular weight excluding hydrogens is 479 g/mol. The molecule has 4 aliphatic heterocycles. The highest BCUT2D eigenvalue weighted by Gasteiger charge is 2.48. The van der Waals surface area contributed by atoms with Gasteiger partial charge in [0.2, 0.25) is 0 Å². The Kier molecular flexibility index (Phi) is 6.70. The van der Waals surface area contributed by atoms with Crippen molar-refractivity contribution in [3.05, 3.63) is 94.8 Å². The standard InChI is InChI=1S/C32H34FN2O3/c1-20-24(9-5-10-28(20)33)31-26(25-8-2-3-11-30(25)37)17-35(29-19-34-14-12-21(29)13-15-34)18-27(31)32(38)22-6-4-7-23(36)16-22/h2,4-11,16,21,26-27,29,31,36-37H,12-15,17-19H2,1H3/t26-,27-,29?,31+/m0/s1. The number of halogens is 1. The minimum Gasteiger partial charge on any atom is -0.508 e. The van der Waals surface area contributed by atoms with Crippen molar-refractivity contribution in [3.63, 3.8) is 0 Å². The van der Waals surface area contributed by atoms with E-state index in [1.807, 2.05) is 12.1 Å². The Morgan fingerprint density at radius 3 is 2.50 bits per heavy atom. The number of hydrogen-bond donors (Lipinski definition) is 2. The number of phenolic OH excluding ortho intramolecular Hbond substituents is 2. The SMILES string of the molecule is Cc1c(F)cccc1[C@H]1[C@@H](C(=O)c2cccc(O)c2)CN(C2CN3CCC2CC3)C[C@H]1c1cc[c]cc1O. The van der Waals surface area contributed by atoms with Crippen molar-refractivity contribution in [2.45, 2.75) is 37.6 Å². The number of ketones is 1. The average Bonchev–Trinajstić information content (AvgIpc) is 2.94. The van der Waals surface area contributed by atoms with Gasteiger partial charge in [-0.25, -0.2) is 4.39 Å². The number of phenols is 2. The van der Waals surface area contributed by atoms with E-state index in [0.717, 1.165) is 43.6 Å². The summed E-state index contributed by atoms with van der Waals surface area (Å²) in [6.45, 7) is 6.25. The minimum atomic E-state index is -0.477. The van der Waals surface area contributed by atoms with E-state index in [-0.39, 0.29) is 34.9 Å². The number of benzene rings is 3. The maximum absolute atomic E-state index is 14.9. The molecule has 0 saturated carbocycles. The molecule has 1 unspecified atom stereocenters. The van der Waals surface area contributed by atoms with Crippen LogP contribution in [0.1, 0.15) is 51.7 Å². The van der Waals surface area contributed by atoms with Crippen LogP contribution in [-0.2, 0) is 0 Å². The second kappa shape index (κ2) is 10.2. The molecule has 1 radical (unpaired) electrons. The van der Waals surface area contributed by atoms with Gasteiger partial charge in [0.05, 0.1) is 0 Å². The molecule has 3 aromatic rings. The summed E-state index contributed by atoms with van der Waals surface area (Å²) in [7, 11) is 0. The third-order valence-electron chi connectivity index (χ3n) is 9.23. The molecule has 4 aliphatic rings. The fraction of sp³-hybridized carbons (Fsp3) is 0.406. The molecule has 4 heterocycles. The summed E-state index contributed by atoms with van der Waals surface area (Å²) in [5.41, 5.74) is 2.55. The molecule has 2 N–H and O–H groups in total. The summed E-state index contributed by atoms with van der Waals surface area (Å²) in [4.78, 5) is 19.3. The first-order chi connectivity index (χ1) is 18.4. The van der Waals surface area contributed by atoms with Crippen molar-refractivity contribution in [3.8, 4) is 11.5 Å². The van der Waals surface area contributed by atoms with Crippen molar-refractivity contribution in [2.75, 3.05) is 32.7 Å². The lowest BCUT2D eigenvalue weighted by atomic mass is 9.66. The number of carbonyl (C=O) groups excluding carboxylic acids is 1. The zero-order chi connectivity index (χ0) is 26.4. The summed E-state index contributed by atoms with van der Waals surface area (Å²) in [6, 6.07) is 20.2. The lowest BCUT2D eigenvalue weighted by molar-refractivity contribution is -0.0191. The van der Waals surface area contributed by atoms with Crippen LogP contribution in [0.5, 0.6) is 11.5 Å². The van der Waals surface area contributed by atoms with Gasteiger partial charge in [-0.05, 0) is 85.8 Å². The smallest absolute Gasteiger partial charge is 0.167 e. The van der Waals surface area contributed by atoms with E-state index < -0.39 is 5.92 Å². The number of aromatic hydroxyl groups is 2. The lowest BCUT2D eigenvalue weighted by Gasteiger charge is -2.53. The fourth-order valence-corrected chi connectivity index (χ4v) is 7.28. The van der Waals surface area contributed by atoms with Gasteiger partial charge in [0.15, 0.2) is 5.78 Å². The molecule has 38 heavy (non-hydrogen) atoms. The van der Waals surface area contributed by atoms with E-state index in [2.05, 4.69) is 15.9 Å². The van der Waals surface area contributed by atoms with Gasteiger partial charge in [0.1, 0.15) is 17.3 Å². The molecular formula is C32H34FN2O3. The molecule has 0 aromatic heterocycles. The first-order valence-electron chi connectivity index (χ1n) is 13.6. The summed E-state index contributed by atoms with van der Waals surface area (Å²) in [6.07, 6.45) is 2.32. The molecule has 0 aliphatic carbocycles. The Morgan fingerprint density at radius 1 is 1.00 bits per heavy atom. The molecule has 4 fully saturated rings. The quantitative estimate of drug-likeness (QED) is 0.464. The third-order valence-corrected chi connectivity index (χ3v) is 9.23. The van der Waals surface area contributed by atoms with Crippen molar-refractivity contribution >= 4 is 5.78 Å². The van der Waals surface area contributed by atoms with Gasteiger partial charge < -0.3 is 15.1 Å². The Balaban J connectivity index is 1.49. The first-order valence-corrected chi connectivity index (χ1v) is 13.6. The van der Waals surface area contributed by atoms with Crippen molar-refractivity contribution < 1.29 is 19.4 Å². The van der Waals surface area contributed by atoms with Crippen LogP contribution in [0.15, 0.2) is 60.7 Å². The van der Waals surface area contributed by atoms with Crippen molar-refractivity contribution in [2.24, 2.45) is 11.8 Å². The zero-order valence-corrected chi connectivity index (χ0v) is 21.7. The highest BCUT2D eigenvalue weighted by Crippen LogP contribution is 2.49. The number of fused-ring (bicyclic) bond motifs is 3. The molecule has 0 spiro atoms. The Hall–Kier alpha value is -3.22. The van der Waals surface area contributed by atoms with Crippen LogP contribution < -0.4 is 0 Å². The van der Waals surface area contributed by atoms with Gasteiger partial charge in [0, 0.05) is 49.0 Å². The van der Waals surface area contributed by atoms with Crippen LogP contribution in [0.2, 0.25) is 0 Å². The number of piperidine rings is 4. The number of likely N-dealkylation sites (tertiary alicyclic amines) is 1. The number of Topliss-reactive ketones (excluding diaryl/α,β-unsaturated/α-hetero) is 1. The van der Waals surface area contributed by atoms with Crippen LogP contribution in [0.3, 0.4) is 0 Å². The van der Waals surface area contributed by atoms with Crippen LogP contribution in [0.4, 0.5) is 4.39 Å². The predicted molar refractivity (Wildman–Crippen MR) is 144 cm³/mol. The number of nitrogens with zero attached hydrogens (tertiary/aromatic N) is 2. The largest absolute Gasteiger partial charge is 0.508 e. The Bertz CT molecular complexity index is 1340. The highest BCUT2D eigenvalue weighted by molar-refractivity contribution is 5.99. The van der Waals surface area contributed by atoms with Gasteiger partial charge in [-0.15, -0.1) is 0 Å². The van der Waals surface area contributed by atoms with Gasteiger partial charge in [-0.1, -0.05) is 36.4 Å². The van der Waals surface area contributed by atoms with Crippen molar-refractivity contribution in [1.82, 2.24) is 9.80 Å². The van der Waals surface area contributed by atoms with Crippen molar-refractivity contribution in [1.29, 1.82) is 0 Å². The molecule has 7 rings (SSSR count). The van der Waals surface area contributed by atoms with Gasteiger partial charge in [0.25, 0.3) is 0 Å². The van der Waals surface area contributed by atoms with Crippen LogP contribution >= 0.6 is 0 Å². The molecule has 2 bridgehead atoms. The Morgan fingerprint density at radius 2 is 1.79 bits per heavy atom. The maximum Gasteiger partial charge on any atom is 0.167 e. The molecule has 3 aromatic carbocycles. The molecule has 5 nitrogen and oxygen atoms in total. The van der Waals surface area contributed by atoms with Crippen LogP contribution in [0.25, 0.3) is 0 Å². The van der Waals surface area contributed by atoms with E-state index in [1.165, 1.54) is 12.1 Å². The summed E-state index contributed by atoms with van der Waals surface area (Å²) in [5.74, 6) is -0.616. The molecule has 6 heteroatoms. The molecule has 0 amide bonds. The minimum absolute atomic E-state index is 0.0483. The summed E-state index contributed by atoms with van der Waals surface area (Å²) in [5, 5.41) is 21.1. The zero-order valence-electron chi connectivity index (χ0n) is 21.7. The summed E-state index contributed by atoms with van der Waals surface area (Å²) < 4.78 is 14.9. The number of hydrogen-bond acceptors (Lipinski definition) is 5. The van der Waals surface area contributed by atoms with Gasteiger partial charge in [-0.3, -0.25) is 9.69 Å². The highest BCUT2D eigenvalue weighted by atomic mass is 19.1. The fourth-order valence-electron chi connectivity index (χ4n) is 7.28. The molecule has 4 atom stereocenters. The summed E-state index contributed by atoms with van der Waals surface area (Å²) >= 11 is 0. The van der Waals surface area contributed by atoms with E-state index in [4.69, 9.17) is 0 Å². The number of carbonyl (C=O) groups is 1. The van der Waals surface area contributed by atoms with E-state index in [0.29, 0.717) is 36.2 Å². The third kappa shape index (κ3) is 4.50. The van der Waals surface area contributed by atoms with E-state index >= 15 is 0 Å². The predicted octanol–water partition coefficient (Wildman–Crippen LogP) is 5.12. The Labute approximate surface area is 223 Å². The average molecular weight is 514 g/mol. The normalized spacial score (nSPS) is 29.3. The molecule has 197 valence electrons.